The lowest BCUT2D eigenvalue weighted by Crippen LogP contribution is -2.20. The molecule has 0 aliphatic carbocycles. The third-order valence-corrected chi connectivity index (χ3v) is 3.73. The first-order valence-corrected chi connectivity index (χ1v) is 6.70. The number of anilines is 1. The number of nitrogens with zero attached hydrogens (tertiary/aromatic N) is 4. The van der Waals surface area contributed by atoms with Crippen molar-refractivity contribution < 1.29 is 4.92 Å². The van der Waals surface area contributed by atoms with Crippen LogP contribution in [0.1, 0.15) is 4.88 Å². The van der Waals surface area contributed by atoms with Crippen molar-refractivity contribution in [1.29, 1.82) is 0 Å². The number of benzene rings is 1. The summed E-state index contributed by atoms with van der Waals surface area (Å²) < 4.78 is 1.37. The van der Waals surface area contributed by atoms with Crippen LogP contribution in [0.2, 0.25) is 0 Å². The molecule has 0 aliphatic heterocycles. The highest BCUT2D eigenvalue weighted by Crippen LogP contribution is 2.18. The first-order valence-electron chi connectivity index (χ1n) is 5.88. The standard InChI is InChI=1S/C12H9N5O3S/c13-12-14-4-8(21-12)5-16-6-15-10-2-1-7(17(19)20)3-9(10)11(16)18/h1-4,6H,5H2,(H2,13,14). The van der Waals surface area contributed by atoms with Crippen LogP contribution in [-0.2, 0) is 6.54 Å². The molecule has 2 aromatic heterocycles. The number of non-ortho nitro benzene ring substituents is 1. The molecule has 0 fully saturated rings. The van der Waals surface area contributed by atoms with Crippen LogP contribution < -0.4 is 11.3 Å². The Kier molecular flexibility index (Phi) is 3.10. The summed E-state index contributed by atoms with van der Waals surface area (Å²) in [5, 5.41) is 11.4. The highest BCUT2D eigenvalue weighted by molar-refractivity contribution is 7.15. The van der Waals surface area contributed by atoms with E-state index in [1.54, 1.807) is 6.20 Å². The highest BCUT2D eigenvalue weighted by Gasteiger charge is 2.11. The quantitative estimate of drug-likeness (QED) is 0.577. The molecule has 0 radical (unpaired) electrons. The predicted molar refractivity (Wildman–Crippen MR) is 78.3 cm³/mol. The molecule has 8 nitrogen and oxygen atoms in total. The number of nitrogens with two attached hydrogens (primary N) is 1. The Balaban J connectivity index is 2.10. The number of aromatic nitrogens is 3. The third kappa shape index (κ3) is 2.46. The van der Waals surface area contributed by atoms with Gasteiger partial charge in [-0.3, -0.25) is 19.5 Å². The van der Waals surface area contributed by atoms with E-state index in [0.717, 1.165) is 4.88 Å². The van der Waals surface area contributed by atoms with Gasteiger partial charge in [0.15, 0.2) is 5.13 Å². The van der Waals surface area contributed by atoms with Crippen molar-refractivity contribution >= 4 is 33.1 Å². The van der Waals surface area contributed by atoms with Crippen LogP contribution in [0.4, 0.5) is 10.8 Å². The fraction of sp³-hybridized carbons (Fsp3) is 0.0833. The highest BCUT2D eigenvalue weighted by atomic mass is 32.1. The summed E-state index contributed by atoms with van der Waals surface area (Å²) in [6.07, 6.45) is 3.00. The van der Waals surface area contributed by atoms with Crippen LogP contribution in [0.5, 0.6) is 0 Å². The van der Waals surface area contributed by atoms with Crippen molar-refractivity contribution in [1.82, 2.24) is 14.5 Å². The molecule has 0 aliphatic rings. The normalized spacial score (nSPS) is 10.9. The summed E-state index contributed by atoms with van der Waals surface area (Å²) >= 11 is 1.28. The van der Waals surface area contributed by atoms with E-state index >= 15 is 0 Å². The third-order valence-electron chi connectivity index (χ3n) is 2.92. The van der Waals surface area contributed by atoms with Gasteiger partial charge < -0.3 is 5.73 Å². The van der Waals surface area contributed by atoms with E-state index in [1.165, 1.54) is 40.4 Å². The molecular formula is C12H9N5O3S. The average molecular weight is 303 g/mol. The molecule has 0 unspecified atom stereocenters. The van der Waals surface area contributed by atoms with Gasteiger partial charge in [-0.15, -0.1) is 11.3 Å². The molecule has 2 N–H and O–H groups in total. The van der Waals surface area contributed by atoms with Crippen molar-refractivity contribution in [3.8, 4) is 0 Å². The summed E-state index contributed by atoms with van der Waals surface area (Å²) in [5.41, 5.74) is 5.49. The van der Waals surface area contributed by atoms with Crippen molar-refractivity contribution in [2.24, 2.45) is 0 Å². The number of hydrogen-bond donors (Lipinski definition) is 1. The zero-order valence-corrected chi connectivity index (χ0v) is 11.4. The van der Waals surface area contributed by atoms with E-state index in [9.17, 15) is 14.9 Å². The molecule has 0 amide bonds. The summed E-state index contributed by atoms with van der Waals surface area (Å²) in [6, 6.07) is 4.02. The second-order valence-corrected chi connectivity index (χ2v) is 5.45. The van der Waals surface area contributed by atoms with Crippen molar-refractivity contribution in [2.45, 2.75) is 6.54 Å². The number of rotatable bonds is 3. The SMILES string of the molecule is Nc1ncc(Cn2cnc3ccc([N+](=O)[O-])cc3c2=O)s1. The first-order chi connectivity index (χ1) is 10.0. The fourth-order valence-corrected chi connectivity index (χ4v) is 2.62. The fourth-order valence-electron chi connectivity index (χ4n) is 1.94. The Labute approximate surface area is 121 Å². The molecule has 0 bridgehead atoms. The minimum atomic E-state index is -0.542. The zero-order chi connectivity index (χ0) is 15.0. The summed E-state index contributed by atoms with van der Waals surface area (Å²) in [7, 11) is 0. The number of nitro groups is 1. The van der Waals surface area contributed by atoms with Gasteiger partial charge in [0.2, 0.25) is 0 Å². The molecule has 0 atom stereocenters. The van der Waals surface area contributed by atoms with Crippen molar-refractivity contribution in [2.75, 3.05) is 5.73 Å². The predicted octanol–water partition coefficient (Wildman–Crippen LogP) is 1.39. The van der Waals surface area contributed by atoms with Gasteiger partial charge in [0.25, 0.3) is 11.2 Å². The Bertz CT molecular complexity index is 901. The van der Waals surface area contributed by atoms with E-state index in [4.69, 9.17) is 5.73 Å². The zero-order valence-electron chi connectivity index (χ0n) is 10.6. The van der Waals surface area contributed by atoms with Gasteiger partial charge in [0.1, 0.15) is 0 Å². The van der Waals surface area contributed by atoms with Crippen molar-refractivity contribution in [3.05, 3.63) is 56.1 Å². The summed E-state index contributed by atoms with van der Waals surface area (Å²) in [5.74, 6) is 0. The smallest absolute Gasteiger partial charge is 0.270 e. The maximum absolute atomic E-state index is 12.4. The Morgan fingerprint density at radius 2 is 2.19 bits per heavy atom. The molecule has 1 aromatic carbocycles. The topological polar surface area (TPSA) is 117 Å². The van der Waals surface area contributed by atoms with Gasteiger partial charge in [0, 0.05) is 23.2 Å². The van der Waals surface area contributed by atoms with Crippen LogP contribution in [0, 0.1) is 10.1 Å². The largest absolute Gasteiger partial charge is 0.375 e. The first kappa shape index (κ1) is 13.2. The van der Waals surface area contributed by atoms with Gasteiger partial charge in [-0.05, 0) is 6.07 Å². The molecule has 0 saturated carbocycles. The van der Waals surface area contributed by atoms with Gasteiger partial charge >= 0.3 is 0 Å². The molecule has 3 rings (SSSR count). The van der Waals surface area contributed by atoms with Crippen LogP contribution in [0.3, 0.4) is 0 Å². The Morgan fingerprint density at radius 1 is 1.38 bits per heavy atom. The van der Waals surface area contributed by atoms with Gasteiger partial charge in [0.05, 0.1) is 28.7 Å². The van der Waals surface area contributed by atoms with Gasteiger partial charge in [-0.1, -0.05) is 0 Å². The number of nitrogen functional groups attached to an aromatic ring is 1. The average Bonchev–Trinajstić information content (AvgIpc) is 2.87. The number of nitro benzene ring substituents is 1. The minimum absolute atomic E-state index is 0.138. The van der Waals surface area contributed by atoms with E-state index in [2.05, 4.69) is 9.97 Å². The maximum atomic E-state index is 12.4. The van der Waals surface area contributed by atoms with Gasteiger partial charge in [-0.2, -0.15) is 0 Å². The lowest BCUT2D eigenvalue weighted by molar-refractivity contribution is -0.384. The molecule has 9 heteroatoms. The molecule has 3 aromatic rings. The minimum Gasteiger partial charge on any atom is -0.375 e. The van der Waals surface area contributed by atoms with Crippen LogP contribution in [-0.4, -0.2) is 19.5 Å². The lowest BCUT2D eigenvalue weighted by Gasteiger charge is -2.04. The van der Waals surface area contributed by atoms with E-state index in [1.807, 2.05) is 0 Å². The molecule has 21 heavy (non-hydrogen) atoms. The second kappa shape index (κ2) is 4.94. The molecule has 106 valence electrons. The second-order valence-electron chi connectivity index (χ2n) is 4.30. The summed E-state index contributed by atoms with van der Waals surface area (Å²) in [4.78, 5) is 31.5. The Hall–Kier alpha value is -2.81. The molecule has 0 spiro atoms. The molecule has 0 saturated heterocycles. The number of thiazole rings is 1. The van der Waals surface area contributed by atoms with Crippen LogP contribution in [0.15, 0.2) is 35.5 Å². The monoisotopic (exact) mass is 303 g/mol. The number of hydrogen-bond acceptors (Lipinski definition) is 7. The molecular weight excluding hydrogens is 294 g/mol. The molecule has 2 heterocycles. The number of fused-ring (bicyclic) bond motifs is 1. The van der Waals surface area contributed by atoms with Gasteiger partial charge in [-0.25, -0.2) is 9.97 Å². The Morgan fingerprint density at radius 3 is 2.86 bits per heavy atom. The van der Waals surface area contributed by atoms with Crippen LogP contribution in [0.25, 0.3) is 10.9 Å². The van der Waals surface area contributed by atoms with E-state index in [0.29, 0.717) is 10.6 Å². The van der Waals surface area contributed by atoms with E-state index < -0.39 is 4.92 Å². The van der Waals surface area contributed by atoms with Crippen molar-refractivity contribution in [3.63, 3.8) is 0 Å². The summed E-state index contributed by atoms with van der Waals surface area (Å²) in [6.45, 7) is 0.277. The van der Waals surface area contributed by atoms with E-state index in [-0.39, 0.29) is 23.2 Å². The lowest BCUT2D eigenvalue weighted by atomic mass is 10.2. The van der Waals surface area contributed by atoms with Crippen LogP contribution >= 0.6 is 11.3 Å². The maximum Gasteiger partial charge on any atom is 0.270 e.